The molecule has 1 atom stereocenters. The second kappa shape index (κ2) is 7.37. The van der Waals surface area contributed by atoms with Crippen LogP contribution in [0.2, 0.25) is 0 Å². The Hall–Kier alpha value is -2.18. The molecule has 134 valence electrons. The summed E-state index contributed by atoms with van der Waals surface area (Å²) in [6, 6.07) is 6.19. The van der Waals surface area contributed by atoms with E-state index in [2.05, 4.69) is 27.5 Å². The van der Waals surface area contributed by atoms with Crippen molar-refractivity contribution < 1.29 is 9.47 Å². The lowest BCUT2D eigenvalue weighted by Crippen LogP contribution is -2.07. The molecule has 2 N–H and O–H groups in total. The molecule has 3 rings (SSSR count). The van der Waals surface area contributed by atoms with Gasteiger partial charge >= 0.3 is 0 Å². The molecule has 6 heteroatoms. The molecule has 2 aromatic heterocycles. The molecule has 0 spiro atoms. The summed E-state index contributed by atoms with van der Waals surface area (Å²) in [4.78, 5) is 9.25. The highest BCUT2D eigenvalue weighted by Crippen LogP contribution is 2.31. The summed E-state index contributed by atoms with van der Waals surface area (Å²) in [5, 5.41) is 1.12. The Kier molecular flexibility index (Phi) is 5.20. The van der Waals surface area contributed by atoms with Crippen molar-refractivity contribution in [2.45, 2.75) is 39.4 Å². The number of nitrogens with two attached hydrogens (primary N) is 1. The van der Waals surface area contributed by atoms with Gasteiger partial charge in [-0.25, -0.2) is 9.97 Å². The number of imidazole rings is 1. The van der Waals surface area contributed by atoms with Crippen molar-refractivity contribution in [1.82, 2.24) is 14.5 Å². The number of nitrogens with zero attached hydrogens (tertiary/aromatic N) is 3. The van der Waals surface area contributed by atoms with E-state index in [9.17, 15) is 0 Å². The Morgan fingerprint density at radius 1 is 1.28 bits per heavy atom. The molecule has 1 aromatic carbocycles. The number of aryl methyl sites for hydroxylation is 2. The number of anilines is 1. The van der Waals surface area contributed by atoms with Crippen LogP contribution in [0.3, 0.4) is 0 Å². The summed E-state index contributed by atoms with van der Waals surface area (Å²) in [5.41, 5.74) is 10.1. The zero-order valence-electron chi connectivity index (χ0n) is 15.4. The Balaban J connectivity index is 2.18. The van der Waals surface area contributed by atoms with Crippen LogP contribution < -0.4 is 5.73 Å². The Morgan fingerprint density at radius 3 is 2.80 bits per heavy atom. The molecule has 0 fully saturated rings. The van der Waals surface area contributed by atoms with Gasteiger partial charge in [0.05, 0.1) is 17.1 Å². The molecule has 25 heavy (non-hydrogen) atoms. The van der Waals surface area contributed by atoms with Crippen molar-refractivity contribution in [2.24, 2.45) is 7.05 Å². The van der Waals surface area contributed by atoms with Crippen molar-refractivity contribution in [3.05, 3.63) is 29.6 Å². The van der Waals surface area contributed by atoms with E-state index in [1.54, 1.807) is 7.11 Å². The van der Waals surface area contributed by atoms with Crippen molar-refractivity contribution in [2.75, 3.05) is 19.5 Å². The minimum atomic E-state index is 0.215. The molecule has 6 nitrogen and oxygen atoms in total. The maximum atomic E-state index is 6.18. The Bertz CT molecular complexity index is 888. The molecular weight excluding hydrogens is 316 g/mol. The van der Waals surface area contributed by atoms with Gasteiger partial charge < -0.3 is 19.8 Å². The fraction of sp³-hybridized carbons (Fsp3) is 0.474. The van der Waals surface area contributed by atoms with Crippen LogP contribution in [-0.2, 0) is 29.5 Å². The normalized spacial score (nSPS) is 13.0. The number of methoxy groups -OCH3 is 1. The number of fused-ring (bicyclic) bond motifs is 3. The van der Waals surface area contributed by atoms with Crippen molar-refractivity contribution in [3.63, 3.8) is 0 Å². The van der Waals surface area contributed by atoms with E-state index < -0.39 is 0 Å². The van der Waals surface area contributed by atoms with Gasteiger partial charge in [0, 0.05) is 26.2 Å². The fourth-order valence-corrected chi connectivity index (χ4v) is 3.15. The first-order valence-electron chi connectivity index (χ1n) is 8.69. The van der Waals surface area contributed by atoms with Crippen LogP contribution in [0.5, 0.6) is 0 Å². The topological polar surface area (TPSA) is 75.2 Å². The van der Waals surface area contributed by atoms with Gasteiger partial charge in [-0.2, -0.15) is 0 Å². The maximum absolute atomic E-state index is 6.18. The fourth-order valence-electron chi connectivity index (χ4n) is 3.15. The first-order valence-corrected chi connectivity index (χ1v) is 8.69. The molecule has 0 aliphatic carbocycles. The lowest BCUT2D eigenvalue weighted by molar-refractivity contribution is 0.111. The maximum Gasteiger partial charge on any atom is 0.152 e. The number of nitrogen functional groups attached to an aromatic ring is 1. The molecule has 0 aliphatic rings. The lowest BCUT2D eigenvalue weighted by Gasteiger charge is -2.12. The highest BCUT2D eigenvalue weighted by atomic mass is 16.5. The van der Waals surface area contributed by atoms with Crippen LogP contribution in [0.4, 0.5) is 5.82 Å². The summed E-state index contributed by atoms with van der Waals surface area (Å²) < 4.78 is 13.0. The smallest absolute Gasteiger partial charge is 0.152 e. The highest BCUT2D eigenvalue weighted by molar-refractivity contribution is 6.08. The van der Waals surface area contributed by atoms with Crippen molar-refractivity contribution >= 4 is 27.8 Å². The van der Waals surface area contributed by atoms with Gasteiger partial charge in [0.2, 0.25) is 0 Å². The monoisotopic (exact) mass is 342 g/mol. The summed E-state index contributed by atoms with van der Waals surface area (Å²) in [5.74, 6) is 1.32. The average molecular weight is 342 g/mol. The summed E-state index contributed by atoms with van der Waals surface area (Å²) >= 11 is 0. The van der Waals surface area contributed by atoms with Gasteiger partial charge in [-0.05, 0) is 38.3 Å². The van der Waals surface area contributed by atoms with E-state index >= 15 is 0 Å². The number of pyridine rings is 1. The molecular formula is C19H26N4O2. The number of hydrogen-bond acceptors (Lipinski definition) is 5. The van der Waals surface area contributed by atoms with Crippen LogP contribution in [0.1, 0.15) is 31.7 Å². The zero-order valence-corrected chi connectivity index (χ0v) is 15.4. The lowest BCUT2D eigenvalue weighted by atomic mass is 10.0. The molecule has 0 radical (unpaired) electrons. The van der Waals surface area contributed by atoms with E-state index in [0.29, 0.717) is 19.0 Å². The van der Waals surface area contributed by atoms with Gasteiger partial charge in [0.25, 0.3) is 0 Å². The van der Waals surface area contributed by atoms with Crippen molar-refractivity contribution in [1.29, 1.82) is 0 Å². The quantitative estimate of drug-likeness (QED) is 0.713. The number of benzene rings is 1. The van der Waals surface area contributed by atoms with E-state index in [1.165, 1.54) is 5.56 Å². The van der Waals surface area contributed by atoms with Crippen LogP contribution in [-0.4, -0.2) is 34.4 Å². The first-order chi connectivity index (χ1) is 12.1. The predicted molar refractivity (Wildman–Crippen MR) is 101 cm³/mol. The first kappa shape index (κ1) is 17.6. The van der Waals surface area contributed by atoms with E-state index in [4.69, 9.17) is 15.2 Å². The Labute approximate surface area is 148 Å². The second-order valence-electron chi connectivity index (χ2n) is 6.31. The molecule has 0 saturated heterocycles. The number of ether oxygens (including phenoxy) is 2. The zero-order chi connectivity index (χ0) is 18.0. The third-order valence-corrected chi connectivity index (χ3v) is 4.69. The standard InChI is InChI=1S/C19H26N4O2/c1-5-25-11-15-22-17-18(23(15)3)16-13(10-9-12(2)24-4)7-6-8-14(16)21-19(17)20/h6-8,12H,5,9-11H2,1-4H3,(H2,20,21). The molecule has 0 bridgehead atoms. The minimum Gasteiger partial charge on any atom is -0.382 e. The van der Waals surface area contributed by atoms with Crippen molar-refractivity contribution in [3.8, 4) is 0 Å². The third kappa shape index (κ3) is 3.32. The third-order valence-electron chi connectivity index (χ3n) is 4.69. The van der Waals surface area contributed by atoms with Crippen LogP contribution in [0.15, 0.2) is 18.2 Å². The second-order valence-corrected chi connectivity index (χ2v) is 6.31. The molecule has 2 heterocycles. The molecule has 0 aliphatic heterocycles. The molecule has 0 amide bonds. The van der Waals surface area contributed by atoms with Gasteiger partial charge in [0.1, 0.15) is 17.9 Å². The van der Waals surface area contributed by atoms with Gasteiger partial charge in [-0.15, -0.1) is 0 Å². The number of aromatic nitrogens is 3. The molecule has 1 unspecified atom stereocenters. The molecule has 0 saturated carbocycles. The Morgan fingerprint density at radius 2 is 2.08 bits per heavy atom. The van der Waals surface area contributed by atoms with Crippen LogP contribution in [0, 0.1) is 0 Å². The van der Waals surface area contributed by atoms with Crippen LogP contribution in [0.25, 0.3) is 21.9 Å². The summed E-state index contributed by atoms with van der Waals surface area (Å²) in [7, 11) is 3.76. The van der Waals surface area contributed by atoms with Gasteiger partial charge in [-0.1, -0.05) is 12.1 Å². The minimum absolute atomic E-state index is 0.215. The molecule has 3 aromatic rings. The predicted octanol–water partition coefficient (Wildman–Crippen LogP) is 3.21. The number of hydrogen-bond donors (Lipinski definition) is 1. The average Bonchev–Trinajstić information content (AvgIpc) is 2.95. The largest absolute Gasteiger partial charge is 0.382 e. The number of rotatable bonds is 7. The van der Waals surface area contributed by atoms with E-state index in [1.807, 2.05) is 26.1 Å². The highest BCUT2D eigenvalue weighted by Gasteiger charge is 2.17. The SMILES string of the molecule is CCOCc1nc2c(N)nc3cccc(CCC(C)OC)c3c2n1C. The van der Waals surface area contributed by atoms with E-state index in [-0.39, 0.29) is 6.10 Å². The van der Waals surface area contributed by atoms with Gasteiger partial charge in [-0.3, -0.25) is 0 Å². The van der Waals surface area contributed by atoms with Gasteiger partial charge in [0.15, 0.2) is 5.82 Å². The van der Waals surface area contributed by atoms with Crippen LogP contribution >= 0.6 is 0 Å². The van der Waals surface area contributed by atoms with E-state index in [0.717, 1.165) is 40.6 Å². The summed E-state index contributed by atoms with van der Waals surface area (Å²) in [6.07, 6.45) is 2.08. The summed E-state index contributed by atoms with van der Waals surface area (Å²) in [6.45, 7) is 5.17.